The number of nitrogens with zero attached hydrogens (tertiary/aromatic N) is 3. The maximum absolute atomic E-state index is 2.92. The monoisotopic (exact) mass is 1220 g/mol. The van der Waals surface area contributed by atoms with Crippen LogP contribution in [0.4, 0.5) is 45.5 Å². The number of hydrogen-bond acceptors (Lipinski definition) is 3. The van der Waals surface area contributed by atoms with Gasteiger partial charge in [-0.1, -0.05) is 283 Å². The molecule has 12 aromatic rings. The molecule has 0 saturated heterocycles. The lowest BCUT2D eigenvalue weighted by Crippen LogP contribution is -2.74. The molecule has 2 unspecified atom stereocenters. The number of aryl methyl sites for hydroxylation is 2. The summed E-state index contributed by atoms with van der Waals surface area (Å²) < 4.78 is 0. The van der Waals surface area contributed by atoms with Gasteiger partial charge in [0, 0.05) is 45.2 Å². The summed E-state index contributed by atoms with van der Waals surface area (Å²) in [4.78, 5) is 8.15. The fourth-order valence-corrected chi connectivity index (χ4v) is 26.8. The first kappa shape index (κ1) is 57.7. The summed E-state index contributed by atoms with van der Waals surface area (Å²) in [6, 6.07) is 115. The second-order valence-corrected chi connectivity index (χ2v) is 35.7. The van der Waals surface area contributed by atoms with Crippen LogP contribution in [0.1, 0.15) is 82.6 Å². The highest BCUT2D eigenvalue weighted by molar-refractivity contribution is 7.20. The van der Waals surface area contributed by atoms with Crippen LogP contribution in [-0.2, 0) is 10.8 Å². The first-order valence-electron chi connectivity index (χ1n) is 33.3. The van der Waals surface area contributed by atoms with Crippen molar-refractivity contribution in [2.24, 2.45) is 0 Å². The highest BCUT2D eigenvalue weighted by Crippen LogP contribution is 2.63. The Balaban J connectivity index is 0.992. The van der Waals surface area contributed by atoms with Crippen molar-refractivity contribution in [3.05, 3.63) is 320 Å². The van der Waals surface area contributed by atoms with Gasteiger partial charge in [0.05, 0.1) is 11.2 Å². The van der Waals surface area contributed by atoms with Crippen molar-refractivity contribution in [2.45, 2.75) is 90.5 Å². The van der Waals surface area contributed by atoms with Gasteiger partial charge in [-0.2, -0.15) is 0 Å². The van der Waals surface area contributed by atoms with Crippen molar-refractivity contribution < 1.29 is 0 Å². The third-order valence-electron chi connectivity index (χ3n) is 21.9. The van der Waals surface area contributed by atoms with E-state index in [-0.39, 0.29) is 23.1 Å². The van der Waals surface area contributed by atoms with Gasteiger partial charge in [-0.25, -0.2) is 0 Å². The van der Waals surface area contributed by atoms with Crippen LogP contribution < -0.4 is 72.6 Å². The average Bonchev–Trinajstić information content (AvgIpc) is 1.44. The van der Waals surface area contributed by atoms with Crippen LogP contribution in [0.15, 0.2) is 297 Å². The third kappa shape index (κ3) is 8.73. The fraction of sp³-hybridized carbons (Fsp3) is 0.163. The molecule has 12 aromatic carbocycles. The Labute approximate surface area is 547 Å². The topological polar surface area (TPSA) is 9.72 Å². The molecule has 0 radical (unpaired) electrons. The Hall–Kier alpha value is -9.46. The highest BCUT2D eigenvalue weighted by Gasteiger charge is 2.62. The van der Waals surface area contributed by atoms with E-state index in [1.165, 1.54) is 121 Å². The van der Waals surface area contributed by atoms with Crippen LogP contribution in [-0.4, -0.2) is 28.4 Å². The van der Waals surface area contributed by atoms with E-state index >= 15 is 0 Å². The highest BCUT2D eigenvalue weighted by atomic mass is 28.3. The van der Waals surface area contributed by atoms with Crippen molar-refractivity contribution in [3.63, 3.8) is 0 Å². The van der Waals surface area contributed by atoms with Crippen LogP contribution in [0.2, 0.25) is 0 Å². The second-order valence-electron chi connectivity index (χ2n) is 28.1. The lowest BCUT2D eigenvalue weighted by Gasteiger charge is -2.53. The number of rotatable bonds is 12. The van der Waals surface area contributed by atoms with E-state index in [0.717, 1.165) is 29.9 Å². The Kier molecular flexibility index (Phi) is 13.9. The summed E-state index contributed by atoms with van der Waals surface area (Å²) in [5, 5.41) is 10.8. The Bertz CT molecular complexity index is 4370. The van der Waals surface area contributed by atoms with Gasteiger partial charge in [0.2, 0.25) is 0 Å². The standard InChI is InChI=1S/C86H78BN3Si2/c1-61-29-28-30-66(55-61)89-79-56-62(2)43-52-77(79)87-78-58-63(84(3,4)5)57-76-83(78)90(86(7)54-27-26-53-85(76,86)6)81-60-67(59-80(89)82(81)87)88(64-44-48-74(49-45-64)91(68-31-14-8-15-32-68,69-33-16-9-17-34-69)70-35-18-10-19-36-70)65-46-50-75(51-47-65)92(71-37-20-11-21-38-71,72-39-22-12-23-40-72)73-41-24-13-25-42-73/h8-25,28-52,55-60H,26-27,53-54H2,1-7H3. The van der Waals surface area contributed by atoms with Gasteiger partial charge < -0.3 is 14.7 Å². The maximum atomic E-state index is 2.92. The summed E-state index contributed by atoms with van der Waals surface area (Å²) in [6.45, 7) is 17.0. The minimum Gasteiger partial charge on any atom is -0.335 e. The molecule has 3 heterocycles. The Morgan fingerprint density at radius 3 is 1.28 bits per heavy atom. The Morgan fingerprint density at radius 2 is 0.826 bits per heavy atom. The predicted octanol–water partition coefficient (Wildman–Crippen LogP) is 14.2. The number of benzene rings is 12. The van der Waals surface area contributed by atoms with Gasteiger partial charge in [0.25, 0.3) is 6.71 Å². The van der Waals surface area contributed by atoms with Crippen LogP contribution in [0.3, 0.4) is 0 Å². The average molecular weight is 1220 g/mol. The molecule has 1 saturated carbocycles. The second kappa shape index (κ2) is 22.1. The molecule has 16 rings (SSSR count). The molecule has 3 aliphatic heterocycles. The van der Waals surface area contributed by atoms with E-state index in [0.29, 0.717) is 0 Å². The van der Waals surface area contributed by atoms with Crippen molar-refractivity contribution in [3.8, 4) is 0 Å². The molecule has 4 aliphatic rings. The third-order valence-corrected chi connectivity index (χ3v) is 31.5. The zero-order chi connectivity index (χ0) is 62.6. The summed E-state index contributed by atoms with van der Waals surface area (Å²) in [5.74, 6) is 0. The van der Waals surface area contributed by atoms with E-state index in [2.05, 4.69) is 360 Å². The van der Waals surface area contributed by atoms with Crippen LogP contribution in [0.5, 0.6) is 0 Å². The van der Waals surface area contributed by atoms with Gasteiger partial charge >= 0.3 is 0 Å². The zero-order valence-corrected chi connectivity index (χ0v) is 56.0. The summed E-state index contributed by atoms with van der Waals surface area (Å²) in [5.41, 5.74) is 19.1. The zero-order valence-electron chi connectivity index (χ0n) is 54.0. The molecule has 92 heavy (non-hydrogen) atoms. The molecule has 0 spiro atoms. The minimum absolute atomic E-state index is 0.0106. The van der Waals surface area contributed by atoms with Crippen LogP contribution >= 0.6 is 0 Å². The quantitative estimate of drug-likeness (QED) is 0.0892. The smallest absolute Gasteiger partial charge is 0.252 e. The summed E-state index contributed by atoms with van der Waals surface area (Å²) >= 11 is 0. The van der Waals surface area contributed by atoms with Crippen molar-refractivity contribution in [1.82, 2.24) is 0 Å². The van der Waals surface area contributed by atoms with Gasteiger partial charge in [0.15, 0.2) is 16.1 Å². The molecule has 0 amide bonds. The number of fused-ring (bicyclic) bond motifs is 7. The van der Waals surface area contributed by atoms with Crippen molar-refractivity contribution in [2.75, 3.05) is 14.7 Å². The number of anilines is 8. The number of hydrogen-bond donors (Lipinski definition) is 0. The van der Waals surface area contributed by atoms with E-state index in [9.17, 15) is 0 Å². The van der Waals surface area contributed by atoms with E-state index in [1.54, 1.807) is 0 Å². The molecule has 3 nitrogen and oxygen atoms in total. The molecule has 1 aliphatic carbocycles. The molecule has 6 heteroatoms. The molecule has 0 bridgehead atoms. The van der Waals surface area contributed by atoms with Crippen LogP contribution in [0, 0.1) is 13.8 Å². The SMILES string of the molecule is Cc1cccc(N2c3cc(C)ccc3B3c4cc(C(C)(C)C)cc5c4N(c4cc(N(c6ccc([Si](c7ccccc7)(c7ccccc7)c7ccccc7)cc6)c6ccc([Si](c7ccccc7)(c7ccccc7)c7ccccc7)cc6)cc2c43)C2(C)CCCCC52C)c1. The Morgan fingerprint density at radius 1 is 0.391 bits per heavy atom. The normalized spacial score (nSPS) is 17.1. The van der Waals surface area contributed by atoms with E-state index < -0.39 is 16.1 Å². The van der Waals surface area contributed by atoms with Crippen molar-refractivity contribution in [1.29, 1.82) is 0 Å². The largest absolute Gasteiger partial charge is 0.335 e. The molecule has 2 atom stereocenters. The lowest BCUT2D eigenvalue weighted by atomic mass is 9.33. The minimum atomic E-state index is -2.88. The molecule has 0 N–H and O–H groups in total. The van der Waals surface area contributed by atoms with Gasteiger partial charge in [-0.15, -0.1) is 0 Å². The van der Waals surface area contributed by atoms with Gasteiger partial charge in [-0.05, 0) is 174 Å². The summed E-state index contributed by atoms with van der Waals surface area (Å²) in [6.07, 6.45) is 4.69. The molecule has 448 valence electrons. The lowest BCUT2D eigenvalue weighted by molar-refractivity contribution is 0.195. The first-order chi connectivity index (χ1) is 44.8. The fourth-order valence-electron chi connectivity index (χ4n) is 17.3. The van der Waals surface area contributed by atoms with Gasteiger partial charge in [0.1, 0.15) is 0 Å². The first-order valence-corrected chi connectivity index (χ1v) is 37.3. The van der Waals surface area contributed by atoms with E-state index in [1.807, 2.05) is 0 Å². The molecular weight excluding hydrogens is 1140 g/mol. The molecular formula is C86H78BN3Si2. The molecule has 0 aromatic heterocycles. The molecule has 1 fully saturated rings. The maximum Gasteiger partial charge on any atom is 0.252 e. The summed E-state index contributed by atoms with van der Waals surface area (Å²) in [7, 11) is -5.77. The van der Waals surface area contributed by atoms with Gasteiger partial charge in [-0.3, -0.25) is 0 Å². The van der Waals surface area contributed by atoms with Crippen LogP contribution in [0.25, 0.3) is 0 Å². The van der Waals surface area contributed by atoms with Crippen molar-refractivity contribution >= 4 is 126 Å². The predicted molar refractivity (Wildman–Crippen MR) is 399 cm³/mol. The van der Waals surface area contributed by atoms with E-state index in [4.69, 9.17) is 0 Å².